The summed E-state index contributed by atoms with van der Waals surface area (Å²) in [6, 6.07) is 4.05. The molecular formula is C10H12N4S. The van der Waals surface area contributed by atoms with Gasteiger partial charge in [-0.3, -0.25) is 21.2 Å². The summed E-state index contributed by atoms with van der Waals surface area (Å²) in [5, 5.41) is 0. The molecule has 0 saturated carbocycles. The predicted octanol–water partition coefficient (Wildman–Crippen LogP) is 1.29. The first-order valence-corrected chi connectivity index (χ1v) is 5.51. The van der Waals surface area contributed by atoms with Crippen LogP contribution in [0.3, 0.4) is 0 Å². The number of hydrogen-bond donors (Lipinski definition) is 2. The highest BCUT2D eigenvalue weighted by atomic mass is 32.1. The summed E-state index contributed by atoms with van der Waals surface area (Å²) in [5.74, 6) is 5.54. The summed E-state index contributed by atoms with van der Waals surface area (Å²) in [4.78, 5) is 9.24. The Bertz CT molecular complexity index is 387. The molecule has 1 atom stereocenters. The maximum Gasteiger partial charge on any atom is 0.0794 e. The number of nitrogens with zero attached hydrogens (tertiary/aromatic N) is 2. The van der Waals surface area contributed by atoms with Gasteiger partial charge in [0.05, 0.1) is 11.6 Å². The van der Waals surface area contributed by atoms with Gasteiger partial charge in [-0.15, -0.1) is 11.3 Å². The van der Waals surface area contributed by atoms with Gasteiger partial charge in [0.25, 0.3) is 0 Å². The number of hydrazine groups is 1. The zero-order chi connectivity index (χ0) is 10.5. The zero-order valence-electron chi connectivity index (χ0n) is 8.13. The molecular weight excluding hydrogens is 208 g/mol. The number of rotatable bonds is 4. The van der Waals surface area contributed by atoms with E-state index >= 15 is 0 Å². The van der Waals surface area contributed by atoms with E-state index in [-0.39, 0.29) is 6.04 Å². The number of nitrogens with one attached hydrogen (secondary N) is 1. The molecule has 5 heteroatoms. The summed E-state index contributed by atoms with van der Waals surface area (Å²) in [5.41, 5.74) is 5.78. The highest BCUT2D eigenvalue weighted by molar-refractivity contribution is 7.09. The van der Waals surface area contributed by atoms with Gasteiger partial charge in [-0.05, 0) is 17.7 Å². The minimum atomic E-state index is 0.119. The smallest absolute Gasteiger partial charge is 0.0794 e. The van der Waals surface area contributed by atoms with Gasteiger partial charge in [-0.1, -0.05) is 0 Å². The van der Waals surface area contributed by atoms with Crippen LogP contribution in [0.4, 0.5) is 0 Å². The van der Waals surface area contributed by atoms with Gasteiger partial charge >= 0.3 is 0 Å². The zero-order valence-corrected chi connectivity index (χ0v) is 8.95. The molecule has 1 unspecified atom stereocenters. The Morgan fingerprint density at radius 1 is 1.33 bits per heavy atom. The molecule has 0 amide bonds. The van der Waals surface area contributed by atoms with Gasteiger partial charge in [0.15, 0.2) is 0 Å². The fraction of sp³-hybridized carbons (Fsp3) is 0.200. The van der Waals surface area contributed by atoms with Crippen LogP contribution in [-0.2, 0) is 6.42 Å². The van der Waals surface area contributed by atoms with Crippen molar-refractivity contribution in [3.63, 3.8) is 0 Å². The SMILES string of the molecule is NNC(Cc1cncs1)c1ccncc1. The van der Waals surface area contributed by atoms with Gasteiger partial charge in [0.1, 0.15) is 0 Å². The van der Waals surface area contributed by atoms with Crippen molar-refractivity contribution in [2.75, 3.05) is 0 Å². The van der Waals surface area contributed by atoms with Crippen LogP contribution in [0.15, 0.2) is 36.2 Å². The second-order valence-electron chi connectivity index (χ2n) is 3.17. The minimum absolute atomic E-state index is 0.119. The van der Waals surface area contributed by atoms with Gasteiger partial charge < -0.3 is 0 Å². The van der Waals surface area contributed by atoms with Crippen molar-refractivity contribution in [1.82, 2.24) is 15.4 Å². The molecule has 0 spiro atoms. The van der Waals surface area contributed by atoms with E-state index in [1.54, 1.807) is 23.7 Å². The Balaban J connectivity index is 2.12. The van der Waals surface area contributed by atoms with E-state index in [2.05, 4.69) is 15.4 Å². The first kappa shape index (κ1) is 10.2. The summed E-state index contributed by atoms with van der Waals surface area (Å²) < 4.78 is 0. The van der Waals surface area contributed by atoms with Crippen LogP contribution in [0.2, 0.25) is 0 Å². The third-order valence-corrected chi connectivity index (χ3v) is 3.00. The number of hydrogen-bond acceptors (Lipinski definition) is 5. The summed E-state index contributed by atoms with van der Waals surface area (Å²) in [6.45, 7) is 0. The van der Waals surface area contributed by atoms with Gasteiger partial charge in [-0.25, -0.2) is 0 Å². The molecule has 4 nitrogen and oxygen atoms in total. The van der Waals surface area contributed by atoms with E-state index in [0.29, 0.717) is 0 Å². The van der Waals surface area contributed by atoms with Gasteiger partial charge in [-0.2, -0.15) is 0 Å². The molecule has 0 aliphatic rings. The van der Waals surface area contributed by atoms with Crippen LogP contribution in [0.5, 0.6) is 0 Å². The predicted molar refractivity (Wildman–Crippen MR) is 60.1 cm³/mol. The Kier molecular flexibility index (Phi) is 3.39. The average Bonchev–Trinajstić information content (AvgIpc) is 2.80. The third kappa shape index (κ3) is 2.59. The van der Waals surface area contributed by atoms with Crippen molar-refractivity contribution >= 4 is 11.3 Å². The van der Waals surface area contributed by atoms with Crippen LogP contribution >= 0.6 is 11.3 Å². The second kappa shape index (κ2) is 4.97. The van der Waals surface area contributed by atoms with Crippen molar-refractivity contribution < 1.29 is 0 Å². The Hall–Kier alpha value is -1.30. The molecule has 0 radical (unpaired) electrons. The van der Waals surface area contributed by atoms with Crippen molar-refractivity contribution in [2.24, 2.45) is 5.84 Å². The molecule has 3 N–H and O–H groups in total. The molecule has 78 valence electrons. The minimum Gasteiger partial charge on any atom is -0.271 e. The highest BCUT2D eigenvalue weighted by Crippen LogP contribution is 2.18. The molecule has 0 aliphatic carbocycles. The molecule has 15 heavy (non-hydrogen) atoms. The lowest BCUT2D eigenvalue weighted by atomic mass is 10.1. The van der Waals surface area contributed by atoms with Crippen LogP contribution < -0.4 is 11.3 Å². The van der Waals surface area contributed by atoms with E-state index in [0.717, 1.165) is 12.0 Å². The van der Waals surface area contributed by atoms with E-state index in [1.807, 2.05) is 23.8 Å². The van der Waals surface area contributed by atoms with Crippen LogP contribution in [-0.4, -0.2) is 9.97 Å². The first-order valence-electron chi connectivity index (χ1n) is 4.63. The topological polar surface area (TPSA) is 63.8 Å². The van der Waals surface area contributed by atoms with E-state index in [1.165, 1.54) is 4.88 Å². The lowest BCUT2D eigenvalue weighted by Crippen LogP contribution is -2.29. The molecule has 0 aliphatic heterocycles. The number of aromatic nitrogens is 2. The highest BCUT2D eigenvalue weighted by Gasteiger charge is 2.10. The fourth-order valence-corrected chi connectivity index (χ4v) is 2.05. The largest absolute Gasteiger partial charge is 0.271 e. The lowest BCUT2D eigenvalue weighted by molar-refractivity contribution is 0.554. The Morgan fingerprint density at radius 3 is 2.73 bits per heavy atom. The Labute approximate surface area is 92.2 Å². The number of pyridine rings is 1. The first-order chi connectivity index (χ1) is 7.40. The van der Waals surface area contributed by atoms with Crippen LogP contribution in [0, 0.1) is 0 Å². The molecule has 2 rings (SSSR count). The van der Waals surface area contributed by atoms with Crippen molar-refractivity contribution in [3.05, 3.63) is 46.7 Å². The quantitative estimate of drug-likeness (QED) is 0.602. The average molecular weight is 220 g/mol. The standard InChI is InChI=1S/C10H12N4S/c11-14-10(5-9-6-13-7-15-9)8-1-3-12-4-2-8/h1-4,6-7,10,14H,5,11H2. The molecule has 2 aromatic heterocycles. The number of thiazole rings is 1. The van der Waals surface area contributed by atoms with Crippen molar-refractivity contribution in [3.8, 4) is 0 Å². The normalized spacial score (nSPS) is 12.6. The molecule has 0 saturated heterocycles. The fourth-order valence-electron chi connectivity index (χ4n) is 1.41. The van der Waals surface area contributed by atoms with E-state index < -0.39 is 0 Å². The summed E-state index contributed by atoms with van der Waals surface area (Å²) in [7, 11) is 0. The summed E-state index contributed by atoms with van der Waals surface area (Å²) in [6.07, 6.45) is 6.26. The summed E-state index contributed by atoms with van der Waals surface area (Å²) >= 11 is 1.64. The monoisotopic (exact) mass is 220 g/mol. The Morgan fingerprint density at radius 2 is 2.13 bits per heavy atom. The second-order valence-corrected chi connectivity index (χ2v) is 4.14. The van der Waals surface area contributed by atoms with Gasteiger partial charge in [0, 0.05) is 29.9 Å². The van der Waals surface area contributed by atoms with E-state index in [9.17, 15) is 0 Å². The van der Waals surface area contributed by atoms with Crippen molar-refractivity contribution in [1.29, 1.82) is 0 Å². The van der Waals surface area contributed by atoms with Crippen LogP contribution in [0.25, 0.3) is 0 Å². The third-order valence-electron chi connectivity index (χ3n) is 2.20. The molecule has 2 aromatic rings. The number of nitrogens with two attached hydrogens (primary N) is 1. The molecule has 2 heterocycles. The molecule has 0 fully saturated rings. The molecule has 0 aromatic carbocycles. The maximum absolute atomic E-state index is 5.54. The van der Waals surface area contributed by atoms with Gasteiger partial charge in [0.2, 0.25) is 0 Å². The lowest BCUT2D eigenvalue weighted by Gasteiger charge is -2.14. The van der Waals surface area contributed by atoms with E-state index in [4.69, 9.17) is 5.84 Å². The van der Waals surface area contributed by atoms with Crippen LogP contribution in [0.1, 0.15) is 16.5 Å². The van der Waals surface area contributed by atoms with Crippen molar-refractivity contribution in [2.45, 2.75) is 12.5 Å². The maximum atomic E-state index is 5.54. The molecule has 0 bridgehead atoms.